The topological polar surface area (TPSA) is 88.6 Å². The molecule has 0 spiro atoms. The van der Waals surface area contributed by atoms with E-state index in [1.807, 2.05) is 0 Å². The molecule has 126 valence electrons. The van der Waals surface area contributed by atoms with Crippen molar-refractivity contribution < 1.29 is 17.9 Å². The minimum atomic E-state index is -3.09. The van der Waals surface area contributed by atoms with Crippen LogP contribution in [0.4, 0.5) is 10.6 Å². The van der Waals surface area contributed by atoms with E-state index in [4.69, 9.17) is 4.74 Å². The highest BCUT2D eigenvalue weighted by Gasteiger charge is 2.41. The van der Waals surface area contributed by atoms with Crippen molar-refractivity contribution in [3.05, 3.63) is 18.3 Å². The molecule has 0 aromatic carbocycles. The smallest absolute Gasteiger partial charge is 0.323 e. The van der Waals surface area contributed by atoms with E-state index >= 15 is 0 Å². The number of rotatable bonds is 3. The molecular weight excluding hydrogens is 318 g/mol. The lowest BCUT2D eigenvalue weighted by Gasteiger charge is -2.29. The Morgan fingerprint density at radius 2 is 2.22 bits per heavy atom. The average Bonchev–Trinajstić information content (AvgIpc) is 3.34. The molecule has 2 heterocycles. The van der Waals surface area contributed by atoms with Crippen molar-refractivity contribution in [3.8, 4) is 5.75 Å². The zero-order valence-electron chi connectivity index (χ0n) is 13.1. The Kier molecular flexibility index (Phi) is 4.43. The van der Waals surface area contributed by atoms with Gasteiger partial charge < -0.3 is 9.64 Å². The van der Waals surface area contributed by atoms with Crippen molar-refractivity contribution in [3.63, 3.8) is 0 Å². The van der Waals surface area contributed by atoms with E-state index in [0.717, 1.165) is 12.8 Å². The van der Waals surface area contributed by atoms with Crippen molar-refractivity contribution in [2.75, 3.05) is 30.5 Å². The monoisotopic (exact) mass is 339 g/mol. The number of carbonyl (C=O) groups excluding carboxylic acids is 1. The van der Waals surface area contributed by atoms with E-state index in [-0.39, 0.29) is 23.6 Å². The number of urea groups is 1. The van der Waals surface area contributed by atoms with Gasteiger partial charge in [0.2, 0.25) is 0 Å². The molecule has 1 saturated carbocycles. The summed E-state index contributed by atoms with van der Waals surface area (Å²) in [6, 6.07) is 2.89. The van der Waals surface area contributed by atoms with Gasteiger partial charge in [-0.05, 0) is 37.3 Å². The van der Waals surface area contributed by atoms with Gasteiger partial charge in [0, 0.05) is 12.7 Å². The standard InChI is InChI=1S/C15H21N3O4S/c1-22-13-4-2-7-16-14(13)17-15(19)18-8-3-9-23(20,21)10-12(18)11-5-6-11/h2,4,7,11-12H,3,5-6,8-10H2,1H3,(H,16,17,19). The molecule has 1 atom stereocenters. The van der Waals surface area contributed by atoms with Crippen LogP contribution in [-0.2, 0) is 9.84 Å². The van der Waals surface area contributed by atoms with Crippen molar-refractivity contribution in [1.29, 1.82) is 0 Å². The quantitative estimate of drug-likeness (QED) is 0.902. The van der Waals surface area contributed by atoms with Gasteiger partial charge in [0.25, 0.3) is 0 Å². The predicted molar refractivity (Wildman–Crippen MR) is 86.3 cm³/mol. The second kappa shape index (κ2) is 6.35. The second-order valence-electron chi connectivity index (χ2n) is 6.05. The average molecular weight is 339 g/mol. The summed E-state index contributed by atoms with van der Waals surface area (Å²) in [5.74, 6) is 1.32. The van der Waals surface area contributed by atoms with Crippen LogP contribution < -0.4 is 10.1 Å². The van der Waals surface area contributed by atoms with E-state index in [1.165, 1.54) is 7.11 Å². The van der Waals surface area contributed by atoms with Gasteiger partial charge >= 0.3 is 6.03 Å². The molecule has 2 amide bonds. The molecule has 23 heavy (non-hydrogen) atoms. The van der Waals surface area contributed by atoms with Gasteiger partial charge in [-0.15, -0.1) is 0 Å². The van der Waals surface area contributed by atoms with Gasteiger partial charge in [0.05, 0.1) is 24.7 Å². The van der Waals surface area contributed by atoms with Gasteiger partial charge in [-0.3, -0.25) is 5.32 Å². The van der Waals surface area contributed by atoms with Crippen molar-refractivity contribution >= 4 is 21.7 Å². The summed E-state index contributed by atoms with van der Waals surface area (Å²) in [5, 5.41) is 2.75. The molecule has 1 unspecified atom stereocenters. The summed E-state index contributed by atoms with van der Waals surface area (Å²) in [7, 11) is -1.58. The minimum absolute atomic E-state index is 0.0600. The summed E-state index contributed by atoms with van der Waals surface area (Å²) in [4.78, 5) is 18.4. The number of sulfone groups is 1. The third-order valence-corrected chi connectivity index (χ3v) is 6.08. The lowest BCUT2D eigenvalue weighted by atomic mass is 10.2. The molecule has 2 aliphatic rings. The van der Waals surface area contributed by atoms with Crippen LogP contribution in [0.5, 0.6) is 5.75 Å². The molecule has 0 bridgehead atoms. The molecule has 0 radical (unpaired) electrons. The van der Waals surface area contributed by atoms with Crippen LogP contribution in [0, 0.1) is 5.92 Å². The highest BCUT2D eigenvalue weighted by molar-refractivity contribution is 7.91. The first-order valence-electron chi connectivity index (χ1n) is 7.77. The number of nitrogens with zero attached hydrogens (tertiary/aromatic N) is 2. The lowest BCUT2D eigenvalue weighted by molar-refractivity contribution is 0.187. The third kappa shape index (κ3) is 3.74. The molecule has 1 saturated heterocycles. The molecule has 3 rings (SSSR count). The maximum absolute atomic E-state index is 12.7. The van der Waals surface area contributed by atoms with Crippen LogP contribution in [0.1, 0.15) is 19.3 Å². The van der Waals surface area contributed by atoms with E-state index in [9.17, 15) is 13.2 Å². The molecular formula is C15H21N3O4S. The van der Waals surface area contributed by atoms with Gasteiger partial charge in [-0.2, -0.15) is 0 Å². The van der Waals surface area contributed by atoms with Crippen LogP contribution in [-0.4, -0.2) is 55.5 Å². The van der Waals surface area contributed by atoms with E-state index < -0.39 is 9.84 Å². The Hall–Kier alpha value is -1.83. The fraction of sp³-hybridized carbons (Fsp3) is 0.600. The summed E-state index contributed by atoms with van der Waals surface area (Å²) < 4.78 is 29.3. The summed E-state index contributed by atoms with van der Waals surface area (Å²) in [5.41, 5.74) is 0. The number of ether oxygens (including phenoxy) is 1. The van der Waals surface area contributed by atoms with Crippen LogP contribution >= 0.6 is 0 Å². The summed E-state index contributed by atoms with van der Waals surface area (Å²) >= 11 is 0. The molecule has 1 aromatic rings. The highest BCUT2D eigenvalue weighted by atomic mass is 32.2. The van der Waals surface area contributed by atoms with Gasteiger partial charge in [0.15, 0.2) is 21.4 Å². The van der Waals surface area contributed by atoms with Crippen molar-refractivity contribution in [2.24, 2.45) is 5.92 Å². The molecule has 1 aromatic heterocycles. The van der Waals surface area contributed by atoms with Crippen LogP contribution in [0.25, 0.3) is 0 Å². The second-order valence-corrected chi connectivity index (χ2v) is 8.28. The van der Waals surface area contributed by atoms with E-state index in [1.54, 1.807) is 23.2 Å². The lowest BCUT2D eigenvalue weighted by Crippen LogP contribution is -2.46. The minimum Gasteiger partial charge on any atom is -0.493 e. The van der Waals surface area contributed by atoms with Crippen LogP contribution in [0.15, 0.2) is 18.3 Å². The molecule has 1 aliphatic heterocycles. The molecule has 1 aliphatic carbocycles. The number of pyridine rings is 1. The largest absolute Gasteiger partial charge is 0.493 e. The predicted octanol–water partition coefficient (Wildman–Crippen LogP) is 1.52. The first kappa shape index (κ1) is 16.0. The maximum atomic E-state index is 12.7. The number of amides is 2. The zero-order valence-corrected chi connectivity index (χ0v) is 13.9. The number of methoxy groups -OCH3 is 1. The number of hydrogen-bond donors (Lipinski definition) is 1. The zero-order chi connectivity index (χ0) is 16.4. The number of nitrogens with one attached hydrogen (secondary N) is 1. The Balaban J connectivity index is 1.79. The Morgan fingerprint density at radius 1 is 1.43 bits per heavy atom. The number of hydrogen-bond acceptors (Lipinski definition) is 5. The van der Waals surface area contributed by atoms with Crippen LogP contribution in [0.2, 0.25) is 0 Å². The highest BCUT2D eigenvalue weighted by Crippen LogP contribution is 2.37. The molecule has 2 fully saturated rings. The van der Waals surface area contributed by atoms with E-state index in [0.29, 0.717) is 30.5 Å². The number of anilines is 1. The van der Waals surface area contributed by atoms with Gasteiger partial charge in [0.1, 0.15) is 0 Å². The summed E-state index contributed by atoms with van der Waals surface area (Å²) in [6.07, 6.45) is 4.01. The molecule has 8 heteroatoms. The maximum Gasteiger partial charge on any atom is 0.323 e. The Labute approximate surface area is 135 Å². The van der Waals surface area contributed by atoms with Gasteiger partial charge in [-0.25, -0.2) is 18.2 Å². The molecule has 1 N–H and O–H groups in total. The van der Waals surface area contributed by atoms with Crippen molar-refractivity contribution in [2.45, 2.75) is 25.3 Å². The Morgan fingerprint density at radius 3 is 2.91 bits per heavy atom. The number of carbonyl (C=O) groups is 1. The molecule has 7 nitrogen and oxygen atoms in total. The van der Waals surface area contributed by atoms with E-state index in [2.05, 4.69) is 10.3 Å². The fourth-order valence-electron chi connectivity index (χ4n) is 3.00. The van der Waals surface area contributed by atoms with Gasteiger partial charge in [-0.1, -0.05) is 0 Å². The van der Waals surface area contributed by atoms with Crippen LogP contribution in [0.3, 0.4) is 0 Å². The van der Waals surface area contributed by atoms with Crippen molar-refractivity contribution in [1.82, 2.24) is 9.88 Å². The third-order valence-electron chi connectivity index (χ3n) is 4.32. The fourth-order valence-corrected chi connectivity index (χ4v) is 4.71. The number of aromatic nitrogens is 1. The SMILES string of the molecule is COc1cccnc1NC(=O)N1CCCS(=O)(=O)CC1C1CC1. The Bertz CT molecular complexity index is 688. The normalized spacial score (nSPS) is 23.9. The first-order valence-corrected chi connectivity index (χ1v) is 9.59. The summed E-state index contributed by atoms with van der Waals surface area (Å²) in [6.45, 7) is 0.446. The first-order chi connectivity index (χ1) is 11.0.